The second kappa shape index (κ2) is 12.8. The van der Waals surface area contributed by atoms with Gasteiger partial charge in [-0.05, 0) is 73.0 Å². The zero-order chi connectivity index (χ0) is 32.7. The van der Waals surface area contributed by atoms with Crippen LogP contribution in [0.25, 0.3) is 0 Å². The lowest BCUT2D eigenvalue weighted by molar-refractivity contribution is -0.115. The highest BCUT2D eigenvalue weighted by Gasteiger charge is 2.35. The first-order chi connectivity index (χ1) is 22.7. The molecule has 2 amide bonds. The van der Waals surface area contributed by atoms with E-state index in [0.29, 0.717) is 57.1 Å². The maximum atomic E-state index is 14.6. The lowest BCUT2D eigenvalue weighted by atomic mass is 9.83. The number of anilines is 3. The highest BCUT2D eigenvalue weighted by molar-refractivity contribution is 6.31. The van der Waals surface area contributed by atoms with E-state index in [4.69, 9.17) is 11.6 Å². The van der Waals surface area contributed by atoms with Crippen LogP contribution in [0.5, 0.6) is 0 Å². The Labute approximate surface area is 276 Å². The van der Waals surface area contributed by atoms with Crippen molar-refractivity contribution < 1.29 is 18.4 Å². The largest absolute Gasteiger partial charge is 0.369 e. The molecule has 4 heterocycles. The molecule has 7 rings (SSSR count). The van der Waals surface area contributed by atoms with E-state index in [9.17, 15) is 23.2 Å². The van der Waals surface area contributed by atoms with Crippen molar-refractivity contribution in [2.24, 2.45) is 5.92 Å². The summed E-state index contributed by atoms with van der Waals surface area (Å²) in [5.41, 5.74) is 3.67. The van der Waals surface area contributed by atoms with Gasteiger partial charge in [-0.3, -0.25) is 14.4 Å². The van der Waals surface area contributed by atoms with Gasteiger partial charge in [-0.25, -0.2) is 8.78 Å². The summed E-state index contributed by atoms with van der Waals surface area (Å²) in [6.07, 6.45) is 0.698. The molecule has 3 aliphatic heterocycles. The number of pyridine rings is 1. The Morgan fingerprint density at radius 2 is 1.62 bits per heavy atom. The number of rotatable bonds is 6. The zero-order valence-electron chi connectivity index (χ0n) is 25.7. The number of nitrogens with one attached hydrogen (secondary N) is 1. The number of hydrogen-bond donors (Lipinski definition) is 1. The average Bonchev–Trinajstić information content (AvgIpc) is 3.07. The van der Waals surface area contributed by atoms with E-state index < -0.39 is 11.7 Å². The third-order valence-electron chi connectivity index (χ3n) is 9.50. The number of amides is 2. The highest BCUT2D eigenvalue weighted by atomic mass is 35.5. The molecule has 4 aromatic rings. The van der Waals surface area contributed by atoms with Gasteiger partial charge < -0.3 is 24.6 Å². The van der Waals surface area contributed by atoms with Crippen molar-refractivity contribution in [3.05, 3.63) is 123 Å². The van der Waals surface area contributed by atoms with Crippen LogP contribution in [0.1, 0.15) is 34.0 Å². The van der Waals surface area contributed by atoms with Gasteiger partial charge in [0, 0.05) is 85.3 Å². The van der Waals surface area contributed by atoms with Crippen molar-refractivity contribution >= 4 is 40.5 Å². The SMILES string of the molecule is O=C(Cc1c(F)cccc1Cl)Nc1cc(C(=O)N2CCN(c3ccc(F)cc3)CC2)ccc1N1CC2CC(C1)c1cccc(=O)n1C2. The van der Waals surface area contributed by atoms with Gasteiger partial charge in [0.05, 0.1) is 17.8 Å². The van der Waals surface area contributed by atoms with Crippen LogP contribution in [0, 0.1) is 17.6 Å². The molecule has 0 radical (unpaired) electrons. The van der Waals surface area contributed by atoms with Crippen molar-refractivity contribution in [1.29, 1.82) is 0 Å². The second-order valence-corrected chi connectivity index (χ2v) is 12.9. The third kappa shape index (κ3) is 6.34. The molecule has 0 spiro atoms. The Kier molecular flexibility index (Phi) is 8.44. The first-order valence-corrected chi connectivity index (χ1v) is 16.2. The molecule has 8 nitrogen and oxygen atoms in total. The molecule has 1 aromatic heterocycles. The van der Waals surface area contributed by atoms with Crippen LogP contribution in [0.15, 0.2) is 83.7 Å². The van der Waals surface area contributed by atoms with Gasteiger partial charge in [0.2, 0.25) is 5.91 Å². The van der Waals surface area contributed by atoms with Gasteiger partial charge in [0.15, 0.2) is 0 Å². The molecule has 3 aliphatic rings. The number of hydrogen-bond acceptors (Lipinski definition) is 5. The molecule has 242 valence electrons. The summed E-state index contributed by atoms with van der Waals surface area (Å²) in [5.74, 6) is -1.10. The molecule has 11 heteroatoms. The molecule has 1 N–H and O–H groups in total. The first kappa shape index (κ1) is 30.9. The van der Waals surface area contributed by atoms with E-state index in [1.54, 1.807) is 47.4 Å². The molecule has 2 fully saturated rings. The van der Waals surface area contributed by atoms with E-state index in [1.165, 1.54) is 24.3 Å². The standard InChI is InChI=1S/C36H34ClF2N5O3/c37-29-3-1-4-30(39)28(29)19-34(45)40-31-18-24(36(47)42-15-13-41(14-16-42)27-10-8-26(38)9-11-27)7-12-33(31)43-20-23-17-25(22-43)32-5-2-6-35(46)44(32)21-23/h1-12,18,23,25H,13-17,19-22H2,(H,40,45). The number of carbonyl (C=O) groups is 2. The topological polar surface area (TPSA) is 77.9 Å². The fourth-order valence-electron chi connectivity index (χ4n) is 7.20. The van der Waals surface area contributed by atoms with Crippen molar-refractivity contribution in [2.75, 3.05) is 54.4 Å². The van der Waals surface area contributed by atoms with E-state index in [0.717, 1.165) is 23.5 Å². The Hall–Kier alpha value is -4.70. The van der Waals surface area contributed by atoms with Crippen LogP contribution in [-0.2, 0) is 17.8 Å². The summed E-state index contributed by atoms with van der Waals surface area (Å²) >= 11 is 6.22. The molecule has 0 aliphatic carbocycles. The Morgan fingerprint density at radius 1 is 0.851 bits per heavy atom. The number of aromatic nitrogens is 1. The van der Waals surface area contributed by atoms with Crippen LogP contribution >= 0.6 is 11.6 Å². The molecule has 2 unspecified atom stereocenters. The van der Waals surface area contributed by atoms with Crippen LogP contribution in [0.3, 0.4) is 0 Å². The molecule has 2 bridgehead atoms. The molecule has 0 saturated carbocycles. The summed E-state index contributed by atoms with van der Waals surface area (Å²) in [7, 11) is 0. The van der Waals surface area contributed by atoms with Crippen LogP contribution in [-0.4, -0.2) is 60.5 Å². The summed E-state index contributed by atoms with van der Waals surface area (Å²) in [6.45, 7) is 4.11. The number of nitrogens with zero attached hydrogens (tertiary/aromatic N) is 4. The number of halogens is 3. The van der Waals surface area contributed by atoms with Crippen molar-refractivity contribution in [1.82, 2.24) is 9.47 Å². The first-order valence-electron chi connectivity index (χ1n) is 15.8. The summed E-state index contributed by atoms with van der Waals surface area (Å²) in [6, 6.07) is 21.4. The molecular weight excluding hydrogens is 624 g/mol. The zero-order valence-corrected chi connectivity index (χ0v) is 26.4. The minimum atomic E-state index is -0.561. The maximum absolute atomic E-state index is 14.6. The fourth-order valence-corrected chi connectivity index (χ4v) is 7.43. The predicted molar refractivity (Wildman–Crippen MR) is 178 cm³/mol. The van der Waals surface area contributed by atoms with Gasteiger partial charge in [-0.15, -0.1) is 0 Å². The average molecular weight is 658 g/mol. The lowest BCUT2D eigenvalue weighted by Crippen LogP contribution is -2.49. The van der Waals surface area contributed by atoms with E-state index in [1.807, 2.05) is 16.7 Å². The molecule has 3 aromatic carbocycles. The number of piperidine rings is 1. The van der Waals surface area contributed by atoms with Crippen LogP contribution < -0.4 is 20.7 Å². The lowest BCUT2D eigenvalue weighted by Gasteiger charge is -2.44. The summed E-state index contributed by atoms with van der Waals surface area (Å²) < 4.78 is 29.8. The number of fused-ring (bicyclic) bond motifs is 4. The van der Waals surface area contributed by atoms with Gasteiger partial charge >= 0.3 is 0 Å². The predicted octanol–water partition coefficient (Wildman–Crippen LogP) is 5.55. The third-order valence-corrected chi connectivity index (χ3v) is 9.85. The molecule has 2 atom stereocenters. The smallest absolute Gasteiger partial charge is 0.254 e. The van der Waals surface area contributed by atoms with Crippen molar-refractivity contribution in [2.45, 2.75) is 25.3 Å². The van der Waals surface area contributed by atoms with Gasteiger partial charge in [-0.2, -0.15) is 0 Å². The Balaban J connectivity index is 1.14. The van der Waals surface area contributed by atoms with E-state index in [-0.39, 0.29) is 46.1 Å². The minimum absolute atomic E-state index is 0.00627. The van der Waals surface area contributed by atoms with Crippen molar-refractivity contribution in [3.8, 4) is 0 Å². The second-order valence-electron chi connectivity index (χ2n) is 12.5. The normalized spacial score (nSPS) is 18.9. The monoisotopic (exact) mass is 657 g/mol. The van der Waals surface area contributed by atoms with Gasteiger partial charge in [0.25, 0.3) is 11.5 Å². The van der Waals surface area contributed by atoms with E-state index >= 15 is 0 Å². The summed E-state index contributed by atoms with van der Waals surface area (Å²) in [4.78, 5) is 45.8. The number of carbonyl (C=O) groups excluding carboxylic acids is 2. The minimum Gasteiger partial charge on any atom is -0.369 e. The fraction of sp³-hybridized carbons (Fsp3) is 0.306. The number of piperazine rings is 1. The molecular formula is C36H34ClF2N5O3. The van der Waals surface area contributed by atoms with Crippen molar-refractivity contribution in [3.63, 3.8) is 0 Å². The van der Waals surface area contributed by atoms with E-state index in [2.05, 4.69) is 15.1 Å². The van der Waals surface area contributed by atoms with Crippen LogP contribution in [0.2, 0.25) is 5.02 Å². The maximum Gasteiger partial charge on any atom is 0.254 e. The summed E-state index contributed by atoms with van der Waals surface area (Å²) in [5, 5.41) is 3.13. The highest BCUT2D eigenvalue weighted by Crippen LogP contribution is 2.39. The van der Waals surface area contributed by atoms with Crippen LogP contribution in [0.4, 0.5) is 25.8 Å². The Morgan fingerprint density at radius 3 is 2.38 bits per heavy atom. The van der Waals surface area contributed by atoms with Gasteiger partial charge in [0.1, 0.15) is 11.6 Å². The number of benzene rings is 3. The van der Waals surface area contributed by atoms with Gasteiger partial charge in [-0.1, -0.05) is 23.7 Å². The quantitative estimate of drug-likeness (QED) is 0.295. The Bertz CT molecular complexity index is 1870. The molecule has 2 saturated heterocycles. The molecule has 47 heavy (non-hydrogen) atoms.